The fraction of sp³-hybridized carbons (Fsp3) is 0.333. The Hall–Kier alpha value is -1.36. The molecule has 11 heavy (non-hydrogen) atoms. The molecule has 5 nitrogen and oxygen atoms in total. The zero-order valence-electron chi connectivity index (χ0n) is 5.65. The summed E-state index contributed by atoms with van der Waals surface area (Å²) in [6, 6.07) is 0. The van der Waals surface area contributed by atoms with Crippen molar-refractivity contribution < 1.29 is 24.9 Å². The van der Waals surface area contributed by atoms with Crippen LogP contribution < -0.4 is 0 Å². The Bertz CT molecular complexity index is 193. The van der Waals surface area contributed by atoms with Crippen molar-refractivity contribution in [1.29, 1.82) is 0 Å². The molecular formula is C6H8O5. The lowest BCUT2D eigenvalue weighted by Crippen LogP contribution is -2.05. The zero-order chi connectivity index (χ0) is 8.85. The Morgan fingerprint density at radius 3 is 2.09 bits per heavy atom. The second-order valence-electron chi connectivity index (χ2n) is 1.79. The Kier molecular flexibility index (Phi) is 3.90. The molecule has 0 radical (unpaired) electrons. The van der Waals surface area contributed by atoms with Gasteiger partial charge >= 0.3 is 11.9 Å². The summed E-state index contributed by atoms with van der Waals surface area (Å²) in [7, 11) is 0. The quantitative estimate of drug-likeness (QED) is 0.480. The van der Waals surface area contributed by atoms with Gasteiger partial charge in [0.25, 0.3) is 0 Å². The molecule has 5 heteroatoms. The third-order valence-corrected chi connectivity index (χ3v) is 0.954. The van der Waals surface area contributed by atoms with Crippen LogP contribution in [-0.4, -0.2) is 33.9 Å². The van der Waals surface area contributed by atoms with Gasteiger partial charge in [0.2, 0.25) is 0 Å². The van der Waals surface area contributed by atoms with Gasteiger partial charge in [-0.2, -0.15) is 0 Å². The first-order chi connectivity index (χ1) is 5.07. The van der Waals surface area contributed by atoms with Crippen LogP contribution in [0.5, 0.6) is 0 Å². The molecule has 0 heterocycles. The highest BCUT2D eigenvalue weighted by atomic mass is 16.4. The number of carboxylic acid groups (broad SMARTS) is 2. The number of carboxylic acids is 2. The monoisotopic (exact) mass is 160 g/mol. The Labute approximate surface area is 62.6 Å². The number of aliphatic carboxylic acids is 2. The molecular weight excluding hydrogens is 152 g/mol. The highest BCUT2D eigenvalue weighted by Gasteiger charge is 2.07. The lowest BCUT2D eigenvalue weighted by molar-refractivity contribution is -0.135. The summed E-state index contributed by atoms with van der Waals surface area (Å²) in [4.78, 5) is 20.1. The number of carbonyl (C=O) groups is 2. The number of aliphatic hydroxyl groups is 1. The standard InChI is InChI=1S/C6H8O5/c7-2-1-4(6(10)11)3-5(8)9/h3,7H,1-2H2,(H,8,9)(H,10,11)/b4-3-. The first-order valence-electron chi connectivity index (χ1n) is 2.85. The van der Waals surface area contributed by atoms with Crippen LogP contribution in [0.15, 0.2) is 11.6 Å². The minimum atomic E-state index is -1.32. The summed E-state index contributed by atoms with van der Waals surface area (Å²) < 4.78 is 0. The fourth-order valence-corrected chi connectivity index (χ4v) is 0.510. The van der Waals surface area contributed by atoms with Crippen molar-refractivity contribution in [1.82, 2.24) is 0 Å². The Balaban J connectivity index is 4.32. The van der Waals surface area contributed by atoms with Crippen LogP contribution in [0.1, 0.15) is 6.42 Å². The van der Waals surface area contributed by atoms with Crippen LogP contribution >= 0.6 is 0 Å². The second kappa shape index (κ2) is 4.45. The molecule has 3 N–H and O–H groups in total. The van der Waals surface area contributed by atoms with Crippen molar-refractivity contribution in [2.45, 2.75) is 6.42 Å². The average Bonchev–Trinajstić information content (AvgIpc) is 1.86. The average molecular weight is 160 g/mol. The maximum atomic E-state index is 10.2. The topological polar surface area (TPSA) is 94.8 Å². The van der Waals surface area contributed by atoms with Gasteiger partial charge in [-0.15, -0.1) is 0 Å². The van der Waals surface area contributed by atoms with Crippen molar-refractivity contribution in [2.75, 3.05) is 6.61 Å². The SMILES string of the molecule is O=C(O)/C=C(/CCO)C(=O)O. The van der Waals surface area contributed by atoms with E-state index in [-0.39, 0.29) is 18.6 Å². The van der Waals surface area contributed by atoms with E-state index in [1.165, 1.54) is 0 Å². The van der Waals surface area contributed by atoms with Crippen molar-refractivity contribution >= 4 is 11.9 Å². The molecule has 0 aliphatic rings. The molecule has 0 aromatic carbocycles. The molecule has 62 valence electrons. The second-order valence-corrected chi connectivity index (χ2v) is 1.79. The van der Waals surface area contributed by atoms with E-state index in [1.54, 1.807) is 0 Å². The van der Waals surface area contributed by atoms with Gasteiger partial charge in [0.1, 0.15) is 0 Å². The van der Waals surface area contributed by atoms with Crippen LogP contribution in [0, 0.1) is 0 Å². The van der Waals surface area contributed by atoms with E-state index in [0.29, 0.717) is 6.08 Å². The van der Waals surface area contributed by atoms with Crippen LogP contribution in [0.4, 0.5) is 0 Å². The summed E-state index contributed by atoms with van der Waals surface area (Å²) in [6.45, 7) is -0.370. The fourth-order valence-electron chi connectivity index (χ4n) is 0.510. The maximum Gasteiger partial charge on any atom is 0.331 e. The first-order valence-corrected chi connectivity index (χ1v) is 2.85. The van der Waals surface area contributed by atoms with Crippen LogP contribution in [-0.2, 0) is 9.59 Å². The number of hydrogen-bond acceptors (Lipinski definition) is 3. The first kappa shape index (κ1) is 9.64. The summed E-state index contributed by atoms with van der Waals surface area (Å²) in [5.74, 6) is -2.64. The largest absolute Gasteiger partial charge is 0.478 e. The van der Waals surface area contributed by atoms with Gasteiger partial charge in [-0.1, -0.05) is 0 Å². The van der Waals surface area contributed by atoms with E-state index in [2.05, 4.69) is 0 Å². The van der Waals surface area contributed by atoms with Gasteiger partial charge in [-0.05, 0) is 0 Å². The van der Waals surface area contributed by atoms with Gasteiger partial charge in [0.15, 0.2) is 0 Å². The highest BCUT2D eigenvalue weighted by Crippen LogP contribution is 1.99. The zero-order valence-corrected chi connectivity index (χ0v) is 5.65. The molecule has 0 aliphatic carbocycles. The number of rotatable bonds is 4. The molecule has 0 amide bonds. The lowest BCUT2D eigenvalue weighted by atomic mass is 10.2. The van der Waals surface area contributed by atoms with Gasteiger partial charge in [0, 0.05) is 24.7 Å². The minimum absolute atomic E-state index is 0.151. The number of aliphatic hydroxyl groups excluding tert-OH is 1. The van der Waals surface area contributed by atoms with Gasteiger partial charge in [-0.3, -0.25) is 0 Å². The van der Waals surface area contributed by atoms with Crippen molar-refractivity contribution in [3.05, 3.63) is 11.6 Å². The molecule has 0 saturated carbocycles. The molecule has 0 fully saturated rings. The summed E-state index contributed by atoms with van der Waals surface area (Å²) in [6.07, 6.45) is 0.417. The normalized spacial score (nSPS) is 11.2. The van der Waals surface area contributed by atoms with E-state index >= 15 is 0 Å². The van der Waals surface area contributed by atoms with Crippen molar-refractivity contribution in [2.24, 2.45) is 0 Å². The molecule has 0 spiro atoms. The van der Waals surface area contributed by atoms with Gasteiger partial charge in [0.05, 0.1) is 0 Å². The molecule has 0 saturated heterocycles. The summed E-state index contributed by atoms with van der Waals surface area (Å²) in [5, 5.41) is 24.7. The molecule has 0 aromatic heterocycles. The minimum Gasteiger partial charge on any atom is -0.478 e. The van der Waals surface area contributed by atoms with Crippen LogP contribution in [0.2, 0.25) is 0 Å². The van der Waals surface area contributed by atoms with Crippen LogP contribution in [0.25, 0.3) is 0 Å². The van der Waals surface area contributed by atoms with Gasteiger partial charge in [-0.25, -0.2) is 9.59 Å². The molecule has 0 atom stereocenters. The van der Waals surface area contributed by atoms with Crippen molar-refractivity contribution in [3.63, 3.8) is 0 Å². The lowest BCUT2D eigenvalue weighted by Gasteiger charge is -1.95. The maximum absolute atomic E-state index is 10.2. The Morgan fingerprint density at radius 2 is 1.82 bits per heavy atom. The predicted molar refractivity (Wildman–Crippen MR) is 35.1 cm³/mol. The predicted octanol–water partition coefficient (Wildman–Crippen LogP) is -0.536. The molecule has 0 aliphatic heterocycles. The molecule has 0 rings (SSSR count). The van der Waals surface area contributed by atoms with E-state index in [0.717, 1.165) is 0 Å². The summed E-state index contributed by atoms with van der Waals surface area (Å²) in [5.41, 5.74) is -0.306. The van der Waals surface area contributed by atoms with E-state index in [9.17, 15) is 9.59 Å². The third kappa shape index (κ3) is 4.10. The van der Waals surface area contributed by atoms with Gasteiger partial charge < -0.3 is 15.3 Å². The Morgan fingerprint density at radius 1 is 1.27 bits per heavy atom. The molecule has 0 aromatic rings. The smallest absolute Gasteiger partial charge is 0.331 e. The summed E-state index contributed by atoms with van der Waals surface area (Å²) >= 11 is 0. The van der Waals surface area contributed by atoms with E-state index < -0.39 is 11.9 Å². The van der Waals surface area contributed by atoms with Crippen LogP contribution in [0.3, 0.4) is 0 Å². The van der Waals surface area contributed by atoms with E-state index in [4.69, 9.17) is 15.3 Å². The third-order valence-electron chi connectivity index (χ3n) is 0.954. The van der Waals surface area contributed by atoms with Crippen molar-refractivity contribution in [3.8, 4) is 0 Å². The molecule has 0 bridgehead atoms. The highest BCUT2D eigenvalue weighted by molar-refractivity contribution is 5.94. The number of hydrogen-bond donors (Lipinski definition) is 3. The van der Waals surface area contributed by atoms with E-state index in [1.807, 2.05) is 0 Å². The molecule has 0 unspecified atom stereocenters.